The van der Waals surface area contributed by atoms with Gasteiger partial charge in [0.25, 0.3) is 11.4 Å². The predicted molar refractivity (Wildman–Crippen MR) is 77.9 cm³/mol. The second kappa shape index (κ2) is 6.62. The molecule has 0 aromatic heterocycles. The molecule has 2 rings (SSSR count). The number of hydrogen-bond donors (Lipinski definition) is 0. The van der Waals surface area contributed by atoms with Crippen LogP contribution in [0.25, 0.3) is 0 Å². The van der Waals surface area contributed by atoms with Crippen molar-refractivity contribution in [2.75, 3.05) is 0 Å². The smallest absolute Gasteiger partial charge is 0.423 e. The molecule has 0 fully saturated rings. The Hall–Kier alpha value is -3.77. The molecular formula is C13H6F3N3O7. The average molecular weight is 373 g/mol. The Balaban J connectivity index is 2.50. The summed E-state index contributed by atoms with van der Waals surface area (Å²) in [5, 5.41) is 32.3. The van der Waals surface area contributed by atoms with Crippen molar-refractivity contribution in [3.8, 4) is 11.5 Å². The fourth-order valence-corrected chi connectivity index (χ4v) is 1.94. The quantitative estimate of drug-likeness (QED) is 0.564. The molecular weight excluding hydrogens is 367 g/mol. The molecule has 0 amide bonds. The molecule has 0 spiro atoms. The summed E-state index contributed by atoms with van der Waals surface area (Å²) in [7, 11) is 0. The summed E-state index contributed by atoms with van der Waals surface area (Å²) in [6.07, 6.45) is -5.07. The number of rotatable bonds is 5. The Morgan fingerprint density at radius 2 is 1.42 bits per heavy atom. The zero-order chi connectivity index (χ0) is 19.6. The van der Waals surface area contributed by atoms with Gasteiger partial charge in [-0.2, -0.15) is 13.2 Å². The van der Waals surface area contributed by atoms with E-state index in [9.17, 15) is 43.5 Å². The molecule has 0 aliphatic rings. The highest BCUT2D eigenvalue weighted by atomic mass is 19.4. The number of hydrogen-bond acceptors (Lipinski definition) is 7. The summed E-state index contributed by atoms with van der Waals surface area (Å²) in [6, 6.07) is 3.94. The first-order valence-corrected chi connectivity index (χ1v) is 6.47. The number of halogens is 3. The van der Waals surface area contributed by atoms with Crippen LogP contribution in [0.1, 0.15) is 5.56 Å². The molecule has 13 heteroatoms. The topological polar surface area (TPSA) is 139 Å². The third-order valence-corrected chi connectivity index (χ3v) is 3.05. The molecule has 10 nitrogen and oxygen atoms in total. The van der Waals surface area contributed by atoms with Crippen LogP contribution in [0.3, 0.4) is 0 Å². The van der Waals surface area contributed by atoms with Gasteiger partial charge in [-0.25, -0.2) is 0 Å². The van der Waals surface area contributed by atoms with Crippen molar-refractivity contribution < 1.29 is 32.7 Å². The van der Waals surface area contributed by atoms with Crippen LogP contribution < -0.4 is 4.74 Å². The van der Waals surface area contributed by atoms with Gasteiger partial charge >= 0.3 is 11.9 Å². The Bertz CT molecular complexity index is 914. The molecule has 0 saturated heterocycles. The van der Waals surface area contributed by atoms with Crippen molar-refractivity contribution in [2.24, 2.45) is 0 Å². The lowest BCUT2D eigenvalue weighted by Gasteiger charge is -2.10. The van der Waals surface area contributed by atoms with Gasteiger partial charge in [-0.05, 0) is 18.2 Å². The van der Waals surface area contributed by atoms with Crippen LogP contribution in [0, 0.1) is 30.3 Å². The van der Waals surface area contributed by atoms with Crippen LogP contribution in [0.15, 0.2) is 36.4 Å². The van der Waals surface area contributed by atoms with Crippen LogP contribution >= 0.6 is 0 Å². The summed E-state index contributed by atoms with van der Waals surface area (Å²) in [5.41, 5.74) is -4.30. The van der Waals surface area contributed by atoms with Gasteiger partial charge in [0.1, 0.15) is 11.3 Å². The van der Waals surface area contributed by atoms with Crippen molar-refractivity contribution in [3.63, 3.8) is 0 Å². The first kappa shape index (κ1) is 18.6. The molecule has 0 unspecified atom stereocenters. The Morgan fingerprint density at radius 1 is 0.808 bits per heavy atom. The zero-order valence-electron chi connectivity index (χ0n) is 12.3. The van der Waals surface area contributed by atoms with Crippen molar-refractivity contribution in [3.05, 3.63) is 72.3 Å². The molecule has 0 radical (unpaired) electrons. The highest BCUT2D eigenvalue weighted by Gasteiger charge is 2.38. The van der Waals surface area contributed by atoms with E-state index in [1.807, 2.05) is 0 Å². The number of nitrogens with zero attached hydrogens (tertiary/aromatic N) is 3. The fraction of sp³-hybridized carbons (Fsp3) is 0.0769. The van der Waals surface area contributed by atoms with E-state index in [4.69, 9.17) is 4.74 Å². The summed E-state index contributed by atoms with van der Waals surface area (Å²) in [6.45, 7) is 0. The summed E-state index contributed by atoms with van der Waals surface area (Å²) < 4.78 is 43.8. The van der Waals surface area contributed by atoms with Crippen molar-refractivity contribution >= 4 is 17.1 Å². The van der Waals surface area contributed by atoms with E-state index in [0.29, 0.717) is 18.2 Å². The van der Waals surface area contributed by atoms with Gasteiger partial charge in [0.2, 0.25) is 5.75 Å². The monoisotopic (exact) mass is 373 g/mol. The van der Waals surface area contributed by atoms with Crippen molar-refractivity contribution in [1.82, 2.24) is 0 Å². The number of benzene rings is 2. The van der Waals surface area contributed by atoms with Gasteiger partial charge < -0.3 is 4.74 Å². The third-order valence-electron chi connectivity index (χ3n) is 3.05. The maximum atomic E-state index is 12.9. The first-order valence-electron chi connectivity index (χ1n) is 6.47. The van der Waals surface area contributed by atoms with Crippen LogP contribution in [-0.4, -0.2) is 14.8 Å². The van der Waals surface area contributed by atoms with Gasteiger partial charge in [0, 0.05) is 12.1 Å². The minimum Gasteiger partial charge on any atom is -0.450 e. The van der Waals surface area contributed by atoms with Crippen molar-refractivity contribution in [1.29, 1.82) is 0 Å². The Kier molecular flexibility index (Phi) is 4.73. The molecule has 0 N–H and O–H groups in total. The lowest BCUT2D eigenvalue weighted by atomic mass is 10.1. The van der Waals surface area contributed by atoms with Gasteiger partial charge in [-0.3, -0.25) is 30.3 Å². The lowest BCUT2D eigenvalue weighted by Crippen LogP contribution is -2.09. The van der Waals surface area contributed by atoms with Crippen LogP contribution in [0.5, 0.6) is 11.5 Å². The Morgan fingerprint density at radius 3 is 1.92 bits per heavy atom. The molecule has 136 valence electrons. The van der Waals surface area contributed by atoms with E-state index < -0.39 is 55.1 Å². The molecule has 26 heavy (non-hydrogen) atoms. The minimum atomic E-state index is -5.07. The maximum absolute atomic E-state index is 12.9. The molecule has 0 heterocycles. The number of ether oxygens (including phenoxy) is 1. The second-order valence-electron chi connectivity index (χ2n) is 4.70. The summed E-state index contributed by atoms with van der Waals surface area (Å²) in [5.74, 6) is -1.14. The lowest BCUT2D eigenvalue weighted by molar-refractivity contribution is -0.394. The van der Waals surface area contributed by atoms with Gasteiger partial charge in [0.05, 0.1) is 20.8 Å². The van der Waals surface area contributed by atoms with E-state index >= 15 is 0 Å². The third kappa shape index (κ3) is 3.82. The van der Waals surface area contributed by atoms with Crippen LogP contribution in [0.2, 0.25) is 0 Å². The van der Waals surface area contributed by atoms with Gasteiger partial charge in [-0.1, -0.05) is 0 Å². The van der Waals surface area contributed by atoms with E-state index in [1.54, 1.807) is 0 Å². The maximum Gasteiger partial charge on any atom is 0.423 e. The van der Waals surface area contributed by atoms with E-state index in [1.165, 1.54) is 0 Å². The fourth-order valence-electron chi connectivity index (χ4n) is 1.94. The summed E-state index contributed by atoms with van der Waals surface area (Å²) in [4.78, 5) is 29.2. The molecule has 2 aromatic carbocycles. The number of nitro groups is 3. The van der Waals surface area contributed by atoms with Crippen LogP contribution in [-0.2, 0) is 6.18 Å². The standard InChI is InChI=1S/C13H6F3N3O7/c14-13(15,16)9-6-8(2-3-10(9)18(22)23)26-12-4-1-7(17(20)21)5-11(12)19(24)25/h1-6H. The molecule has 0 saturated carbocycles. The second-order valence-corrected chi connectivity index (χ2v) is 4.70. The average Bonchev–Trinajstić information content (AvgIpc) is 2.53. The minimum absolute atomic E-state index is 0.309. The van der Waals surface area contributed by atoms with Crippen LogP contribution in [0.4, 0.5) is 30.2 Å². The molecule has 0 aliphatic carbocycles. The number of alkyl halides is 3. The SMILES string of the molecule is O=[N+]([O-])c1ccc(Oc2ccc([N+](=O)[O-])c(C(F)(F)F)c2)c([N+](=O)[O-])c1. The molecule has 0 atom stereocenters. The molecule has 2 aromatic rings. The zero-order valence-corrected chi connectivity index (χ0v) is 12.3. The first-order chi connectivity index (χ1) is 12.0. The largest absolute Gasteiger partial charge is 0.450 e. The number of non-ortho nitro benzene ring substituents is 1. The van der Waals surface area contributed by atoms with Gasteiger partial charge in [0.15, 0.2) is 0 Å². The Labute approximate surface area is 140 Å². The predicted octanol–water partition coefficient (Wildman–Crippen LogP) is 4.22. The number of nitro benzene ring substituents is 3. The molecule has 0 bridgehead atoms. The highest BCUT2D eigenvalue weighted by molar-refractivity contribution is 5.56. The van der Waals surface area contributed by atoms with Gasteiger partial charge in [-0.15, -0.1) is 0 Å². The van der Waals surface area contributed by atoms with E-state index in [-0.39, 0.29) is 0 Å². The summed E-state index contributed by atoms with van der Waals surface area (Å²) >= 11 is 0. The van der Waals surface area contributed by atoms with E-state index in [0.717, 1.165) is 18.2 Å². The van der Waals surface area contributed by atoms with Crippen molar-refractivity contribution in [2.45, 2.75) is 6.18 Å². The molecule has 0 aliphatic heterocycles. The highest BCUT2D eigenvalue weighted by Crippen LogP contribution is 2.40. The normalized spacial score (nSPS) is 11.0. The van der Waals surface area contributed by atoms with E-state index in [2.05, 4.69) is 0 Å².